The van der Waals surface area contributed by atoms with Crippen LogP contribution in [0.25, 0.3) is 11.0 Å². The minimum atomic E-state index is 0.129. The van der Waals surface area contributed by atoms with Gasteiger partial charge >= 0.3 is 0 Å². The van der Waals surface area contributed by atoms with Gasteiger partial charge in [0.15, 0.2) is 0 Å². The second-order valence-electron chi connectivity index (χ2n) is 5.30. The first-order chi connectivity index (χ1) is 9.33. The Balaban J connectivity index is 1.87. The molecule has 0 bridgehead atoms. The van der Waals surface area contributed by atoms with E-state index in [0.717, 1.165) is 17.7 Å². The van der Waals surface area contributed by atoms with Crippen molar-refractivity contribution in [2.75, 3.05) is 18.1 Å². The average molecular weight is 255 g/mol. The van der Waals surface area contributed by atoms with Crippen LogP contribution < -0.4 is 4.90 Å². The molecule has 2 N–H and O–H groups in total. The lowest BCUT2D eigenvalue weighted by Gasteiger charge is -2.27. The van der Waals surface area contributed by atoms with Crippen molar-refractivity contribution in [3.8, 4) is 6.07 Å². The number of nitrogens with one attached hydrogen (secondary N) is 1. The molecule has 96 valence electrons. The molecule has 2 unspecified atom stereocenters. The summed E-state index contributed by atoms with van der Waals surface area (Å²) in [6.07, 6.45) is 4.37. The molecule has 1 aliphatic carbocycles. The number of hydrogen-bond donors (Lipinski definition) is 2. The number of nitrogens with zero attached hydrogens (tertiary/aromatic N) is 4. The molecule has 4 rings (SSSR count). The second kappa shape index (κ2) is 3.68. The van der Waals surface area contributed by atoms with Crippen LogP contribution in [0, 0.1) is 23.2 Å². The fourth-order valence-corrected chi connectivity index (χ4v) is 3.30. The zero-order chi connectivity index (χ0) is 13.0. The van der Waals surface area contributed by atoms with Gasteiger partial charge in [0.25, 0.3) is 0 Å². The summed E-state index contributed by atoms with van der Waals surface area (Å²) in [5.74, 6) is 2.03. The Morgan fingerprint density at radius 2 is 2.42 bits per heavy atom. The van der Waals surface area contributed by atoms with Crippen LogP contribution in [0.5, 0.6) is 0 Å². The van der Waals surface area contributed by atoms with Crippen LogP contribution >= 0.6 is 0 Å². The molecule has 0 radical (unpaired) electrons. The van der Waals surface area contributed by atoms with Crippen molar-refractivity contribution in [3.05, 3.63) is 18.1 Å². The molecule has 1 aliphatic heterocycles. The maximum atomic E-state index is 9.59. The van der Waals surface area contributed by atoms with Crippen molar-refractivity contribution in [2.45, 2.75) is 12.5 Å². The van der Waals surface area contributed by atoms with Crippen molar-refractivity contribution in [1.82, 2.24) is 15.0 Å². The predicted octanol–water partition coefficient (Wildman–Crippen LogP) is 0.647. The number of rotatable bonds is 2. The molecule has 0 spiro atoms. The van der Waals surface area contributed by atoms with Crippen LogP contribution in [-0.2, 0) is 0 Å². The Morgan fingerprint density at radius 3 is 3.21 bits per heavy atom. The van der Waals surface area contributed by atoms with E-state index in [0.29, 0.717) is 23.0 Å². The molecule has 0 amide bonds. The number of H-pyrrole nitrogens is 1. The molecule has 3 atom stereocenters. The van der Waals surface area contributed by atoms with Gasteiger partial charge in [-0.25, -0.2) is 9.97 Å². The van der Waals surface area contributed by atoms with Gasteiger partial charge in [0.1, 0.15) is 23.9 Å². The quantitative estimate of drug-likeness (QED) is 0.822. The van der Waals surface area contributed by atoms with Crippen LogP contribution in [0.4, 0.5) is 5.82 Å². The van der Waals surface area contributed by atoms with Crippen molar-refractivity contribution >= 4 is 16.9 Å². The smallest absolute Gasteiger partial charge is 0.144 e. The number of aliphatic hydroxyl groups excluding tert-OH is 1. The highest BCUT2D eigenvalue weighted by Gasteiger charge is 2.52. The third kappa shape index (κ3) is 1.39. The average Bonchev–Trinajstić information content (AvgIpc) is 2.94. The SMILES string of the molecule is N#Cc1c[nH]c2ncnc(N3CC4CC4[C@@H]3CO)c12. The van der Waals surface area contributed by atoms with Crippen molar-refractivity contribution in [1.29, 1.82) is 5.26 Å². The van der Waals surface area contributed by atoms with E-state index in [4.69, 9.17) is 0 Å². The van der Waals surface area contributed by atoms with Crippen LogP contribution in [-0.4, -0.2) is 39.3 Å². The van der Waals surface area contributed by atoms with E-state index in [1.54, 1.807) is 6.20 Å². The van der Waals surface area contributed by atoms with E-state index in [2.05, 4.69) is 25.9 Å². The molecule has 6 nitrogen and oxygen atoms in total. The summed E-state index contributed by atoms with van der Waals surface area (Å²) in [5.41, 5.74) is 1.24. The molecule has 2 aliphatic rings. The van der Waals surface area contributed by atoms with Crippen LogP contribution in [0.3, 0.4) is 0 Å². The molecule has 2 aromatic heterocycles. The zero-order valence-corrected chi connectivity index (χ0v) is 10.2. The number of nitriles is 1. The third-order valence-corrected chi connectivity index (χ3v) is 4.33. The first kappa shape index (κ1) is 10.8. The largest absolute Gasteiger partial charge is 0.394 e. The summed E-state index contributed by atoms with van der Waals surface area (Å²) in [4.78, 5) is 13.6. The lowest BCUT2D eigenvalue weighted by Crippen LogP contribution is -2.36. The topological polar surface area (TPSA) is 88.8 Å². The minimum Gasteiger partial charge on any atom is -0.394 e. The highest BCUT2D eigenvalue weighted by Crippen LogP contribution is 2.51. The molecule has 2 aromatic rings. The van der Waals surface area contributed by atoms with Gasteiger partial charge in [0.2, 0.25) is 0 Å². The Morgan fingerprint density at radius 1 is 1.53 bits per heavy atom. The summed E-state index contributed by atoms with van der Waals surface area (Å²) < 4.78 is 0. The Kier molecular flexibility index (Phi) is 2.09. The first-order valence-corrected chi connectivity index (χ1v) is 6.43. The minimum absolute atomic E-state index is 0.129. The summed E-state index contributed by atoms with van der Waals surface area (Å²) in [6.45, 7) is 1.05. The predicted molar refractivity (Wildman–Crippen MR) is 68.4 cm³/mol. The molecular weight excluding hydrogens is 242 g/mol. The maximum absolute atomic E-state index is 9.59. The number of fused-ring (bicyclic) bond motifs is 2. The number of aromatic amines is 1. The zero-order valence-electron chi connectivity index (χ0n) is 10.2. The molecule has 0 aromatic carbocycles. The lowest BCUT2D eigenvalue weighted by atomic mass is 10.2. The summed E-state index contributed by atoms with van der Waals surface area (Å²) in [5, 5.41) is 19.5. The Bertz CT molecular complexity index is 688. The highest BCUT2D eigenvalue weighted by molar-refractivity contribution is 5.93. The molecule has 1 saturated heterocycles. The molecule has 2 fully saturated rings. The number of anilines is 1. The van der Waals surface area contributed by atoms with Gasteiger partial charge < -0.3 is 15.0 Å². The normalized spacial score (nSPS) is 28.4. The number of aromatic nitrogens is 3. The van der Waals surface area contributed by atoms with Crippen LogP contribution in [0.1, 0.15) is 12.0 Å². The van der Waals surface area contributed by atoms with Gasteiger partial charge in [0, 0.05) is 12.7 Å². The van der Waals surface area contributed by atoms with Gasteiger partial charge in [0.05, 0.1) is 23.6 Å². The van der Waals surface area contributed by atoms with Gasteiger partial charge in [-0.05, 0) is 18.3 Å². The standard InChI is InChI=1S/C13H13N5O/c14-2-8-3-15-12-11(8)13(17-6-16-12)18-4-7-1-9(7)10(18)5-19/h3,6-7,9-10,19H,1,4-5H2,(H,15,16,17)/t7?,9?,10-/m0/s1. The van der Waals surface area contributed by atoms with Crippen LogP contribution in [0.15, 0.2) is 12.5 Å². The monoisotopic (exact) mass is 255 g/mol. The van der Waals surface area contributed by atoms with E-state index in [1.807, 2.05) is 0 Å². The summed E-state index contributed by atoms with van der Waals surface area (Å²) in [6, 6.07) is 2.30. The fourth-order valence-electron chi connectivity index (χ4n) is 3.30. The lowest BCUT2D eigenvalue weighted by molar-refractivity contribution is 0.255. The van der Waals surface area contributed by atoms with E-state index < -0.39 is 0 Å². The Labute approximate surface area is 109 Å². The number of hydrogen-bond acceptors (Lipinski definition) is 5. The first-order valence-electron chi connectivity index (χ1n) is 6.43. The van der Waals surface area contributed by atoms with Crippen molar-refractivity contribution < 1.29 is 5.11 Å². The molecular formula is C13H13N5O. The number of aliphatic hydroxyl groups is 1. The summed E-state index contributed by atoms with van der Waals surface area (Å²) >= 11 is 0. The van der Waals surface area contributed by atoms with E-state index in [9.17, 15) is 10.4 Å². The third-order valence-electron chi connectivity index (χ3n) is 4.33. The summed E-state index contributed by atoms with van der Waals surface area (Å²) in [7, 11) is 0. The van der Waals surface area contributed by atoms with E-state index in [1.165, 1.54) is 12.7 Å². The molecule has 3 heterocycles. The molecule has 1 saturated carbocycles. The van der Waals surface area contributed by atoms with Crippen LogP contribution in [0.2, 0.25) is 0 Å². The van der Waals surface area contributed by atoms with Gasteiger partial charge in [-0.2, -0.15) is 5.26 Å². The highest BCUT2D eigenvalue weighted by atomic mass is 16.3. The Hall–Kier alpha value is -2.13. The van der Waals surface area contributed by atoms with Crippen molar-refractivity contribution in [3.63, 3.8) is 0 Å². The molecule has 19 heavy (non-hydrogen) atoms. The van der Waals surface area contributed by atoms with E-state index >= 15 is 0 Å². The van der Waals surface area contributed by atoms with E-state index in [-0.39, 0.29) is 12.6 Å². The number of piperidine rings is 1. The second-order valence-corrected chi connectivity index (χ2v) is 5.30. The fraction of sp³-hybridized carbons (Fsp3) is 0.462. The van der Waals surface area contributed by atoms with Gasteiger partial charge in [-0.1, -0.05) is 0 Å². The van der Waals surface area contributed by atoms with Crippen molar-refractivity contribution in [2.24, 2.45) is 11.8 Å². The molecule has 6 heteroatoms. The van der Waals surface area contributed by atoms with Gasteiger partial charge in [-0.3, -0.25) is 0 Å². The maximum Gasteiger partial charge on any atom is 0.144 e. The van der Waals surface area contributed by atoms with Gasteiger partial charge in [-0.15, -0.1) is 0 Å².